The molecule has 70 valence electrons. The lowest BCUT2D eigenvalue weighted by atomic mass is 10.4. The Kier molecular flexibility index (Phi) is 5.27. The van der Waals surface area contributed by atoms with Crippen LogP contribution in [-0.4, -0.2) is 35.5 Å². The Labute approximate surface area is 70.1 Å². The highest BCUT2D eigenvalue weighted by Crippen LogP contribution is 1.93. The van der Waals surface area contributed by atoms with Gasteiger partial charge in [-0.1, -0.05) is 6.58 Å². The van der Waals surface area contributed by atoms with Gasteiger partial charge in [0.2, 0.25) is 0 Å². The summed E-state index contributed by atoms with van der Waals surface area (Å²) in [6.45, 7) is 4.08. The lowest BCUT2D eigenvalue weighted by Gasteiger charge is -2.06. The van der Waals surface area contributed by atoms with Gasteiger partial charge in [0.25, 0.3) is 0 Å². The molecule has 0 aliphatic heterocycles. The summed E-state index contributed by atoms with van der Waals surface area (Å²) in [5, 5.41) is 17.0. The molecule has 0 saturated heterocycles. The fourth-order valence-electron chi connectivity index (χ4n) is 0.290. The molecule has 1 unspecified atom stereocenters. The maximum atomic E-state index is 10.6. The molecule has 5 nitrogen and oxygen atoms in total. The minimum absolute atomic E-state index is 0.202. The first-order valence-corrected chi connectivity index (χ1v) is 3.36. The number of hydrogen-bond acceptors (Lipinski definition) is 5. The Morgan fingerprint density at radius 1 is 1.67 bits per heavy atom. The third-order valence-electron chi connectivity index (χ3n) is 0.954. The maximum absolute atomic E-state index is 10.6. The van der Waals surface area contributed by atoms with E-state index in [2.05, 4.69) is 16.4 Å². The Balaban J connectivity index is 3.44. The van der Waals surface area contributed by atoms with Gasteiger partial charge in [-0.25, -0.2) is 4.79 Å². The lowest BCUT2D eigenvalue weighted by Crippen LogP contribution is -2.20. The van der Waals surface area contributed by atoms with Crippen LogP contribution in [-0.2, 0) is 14.6 Å². The van der Waals surface area contributed by atoms with Gasteiger partial charge in [-0.15, -0.1) is 0 Å². The second-order valence-corrected chi connectivity index (χ2v) is 2.27. The number of aliphatic hydroxyl groups is 2. The van der Waals surface area contributed by atoms with E-state index in [0.29, 0.717) is 0 Å². The van der Waals surface area contributed by atoms with E-state index in [-0.39, 0.29) is 12.2 Å². The number of rotatable bonds is 5. The molecule has 2 N–H and O–H groups in total. The van der Waals surface area contributed by atoms with Gasteiger partial charge in [0.1, 0.15) is 12.7 Å². The van der Waals surface area contributed by atoms with Crippen LogP contribution >= 0.6 is 0 Å². The van der Waals surface area contributed by atoms with E-state index in [1.165, 1.54) is 6.92 Å². The van der Waals surface area contributed by atoms with Crippen molar-refractivity contribution in [2.45, 2.75) is 13.0 Å². The molecular formula is C7H12O5. The molecule has 0 fully saturated rings. The molecule has 0 aromatic heterocycles. The molecule has 0 bridgehead atoms. The van der Waals surface area contributed by atoms with Gasteiger partial charge in [-0.05, 0) is 6.92 Å². The third kappa shape index (κ3) is 4.84. The van der Waals surface area contributed by atoms with E-state index < -0.39 is 18.7 Å². The van der Waals surface area contributed by atoms with Crippen LogP contribution in [0.4, 0.5) is 0 Å². The standard InChI is InChI=1S/C7H12O5/c1-5(2)7(10)12-11-4-6(9)3-8/h6,8-9H,1,3-4H2,2H3. The van der Waals surface area contributed by atoms with E-state index >= 15 is 0 Å². The Hall–Kier alpha value is -0.910. The van der Waals surface area contributed by atoms with Gasteiger partial charge in [0.15, 0.2) is 0 Å². The van der Waals surface area contributed by atoms with Crippen LogP contribution in [0, 0.1) is 0 Å². The molecule has 0 radical (unpaired) electrons. The highest BCUT2D eigenvalue weighted by Gasteiger charge is 2.07. The van der Waals surface area contributed by atoms with Gasteiger partial charge in [-0.2, -0.15) is 4.89 Å². The first kappa shape index (κ1) is 11.1. The van der Waals surface area contributed by atoms with Crippen molar-refractivity contribution >= 4 is 5.97 Å². The predicted molar refractivity (Wildman–Crippen MR) is 40.0 cm³/mol. The van der Waals surface area contributed by atoms with Gasteiger partial charge in [0.05, 0.1) is 6.61 Å². The van der Waals surface area contributed by atoms with Crippen molar-refractivity contribution in [2.24, 2.45) is 0 Å². The summed E-state index contributed by atoms with van der Waals surface area (Å²) in [5.41, 5.74) is 0.202. The molecular weight excluding hydrogens is 164 g/mol. The molecule has 5 heteroatoms. The molecule has 0 aliphatic carbocycles. The summed E-state index contributed by atoms with van der Waals surface area (Å²) in [6, 6.07) is 0. The van der Waals surface area contributed by atoms with Gasteiger partial charge in [0, 0.05) is 5.57 Å². The van der Waals surface area contributed by atoms with Crippen molar-refractivity contribution in [3.8, 4) is 0 Å². The minimum atomic E-state index is -1.04. The predicted octanol–water partition coefficient (Wildman–Crippen LogP) is -0.610. The smallest absolute Gasteiger partial charge is 0.368 e. The molecule has 1 atom stereocenters. The average molecular weight is 176 g/mol. The molecule has 0 aromatic rings. The zero-order valence-corrected chi connectivity index (χ0v) is 6.82. The molecule has 0 spiro atoms. The molecule has 0 amide bonds. The van der Waals surface area contributed by atoms with Crippen LogP contribution in [0.2, 0.25) is 0 Å². The van der Waals surface area contributed by atoms with Crippen molar-refractivity contribution in [3.05, 3.63) is 12.2 Å². The topological polar surface area (TPSA) is 76.0 Å². The molecule has 12 heavy (non-hydrogen) atoms. The number of hydrogen-bond donors (Lipinski definition) is 2. The van der Waals surface area contributed by atoms with Crippen molar-refractivity contribution in [1.29, 1.82) is 0 Å². The molecule has 0 heterocycles. The van der Waals surface area contributed by atoms with Crippen LogP contribution in [0.3, 0.4) is 0 Å². The summed E-state index contributed by atoms with van der Waals surface area (Å²) in [5.74, 6) is -0.694. The highest BCUT2D eigenvalue weighted by atomic mass is 17.2. The van der Waals surface area contributed by atoms with Gasteiger partial charge in [-0.3, -0.25) is 4.89 Å². The fraction of sp³-hybridized carbons (Fsp3) is 0.571. The largest absolute Gasteiger partial charge is 0.394 e. The summed E-state index contributed by atoms with van der Waals surface area (Å²) in [6.07, 6.45) is -1.04. The minimum Gasteiger partial charge on any atom is -0.394 e. The van der Waals surface area contributed by atoms with Gasteiger partial charge >= 0.3 is 5.97 Å². The second kappa shape index (κ2) is 5.70. The number of aliphatic hydroxyl groups excluding tert-OH is 2. The Bertz CT molecular complexity index is 165. The SMILES string of the molecule is C=C(C)C(=O)OOCC(O)CO. The van der Waals surface area contributed by atoms with E-state index in [9.17, 15) is 4.79 Å². The molecule has 0 aliphatic rings. The lowest BCUT2D eigenvalue weighted by molar-refractivity contribution is -0.279. The normalized spacial score (nSPS) is 12.2. The summed E-state index contributed by atoms with van der Waals surface area (Å²) in [4.78, 5) is 19.1. The van der Waals surface area contributed by atoms with Crippen molar-refractivity contribution < 1.29 is 24.8 Å². The highest BCUT2D eigenvalue weighted by molar-refractivity contribution is 5.86. The average Bonchev–Trinajstić information content (AvgIpc) is 2.03. The van der Waals surface area contributed by atoms with Crippen LogP contribution in [0.15, 0.2) is 12.2 Å². The quantitative estimate of drug-likeness (QED) is 0.332. The Morgan fingerprint density at radius 3 is 2.67 bits per heavy atom. The molecule has 0 rings (SSSR count). The third-order valence-corrected chi connectivity index (χ3v) is 0.954. The van der Waals surface area contributed by atoms with Crippen molar-refractivity contribution in [3.63, 3.8) is 0 Å². The van der Waals surface area contributed by atoms with E-state index in [1.54, 1.807) is 0 Å². The van der Waals surface area contributed by atoms with Crippen molar-refractivity contribution in [2.75, 3.05) is 13.2 Å². The summed E-state index contributed by atoms with van der Waals surface area (Å²) < 4.78 is 0. The summed E-state index contributed by atoms with van der Waals surface area (Å²) in [7, 11) is 0. The van der Waals surface area contributed by atoms with Crippen LogP contribution < -0.4 is 0 Å². The zero-order chi connectivity index (χ0) is 9.56. The van der Waals surface area contributed by atoms with Crippen LogP contribution in [0.1, 0.15) is 6.92 Å². The van der Waals surface area contributed by atoms with Crippen LogP contribution in [0.5, 0.6) is 0 Å². The zero-order valence-electron chi connectivity index (χ0n) is 6.82. The molecule has 0 saturated carbocycles. The monoisotopic (exact) mass is 176 g/mol. The second-order valence-electron chi connectivity index (χ2n) is 2.27. The number of carbonyl (C=O) groups excluding carboxylic acids is 1. The first-order valence-electron chi connectivity index (χ1n) is 3.36. The van der Waals surface area contributed by atoms with E-state index in [1.807, 2.05) is 0 Å². The first-order chi connectivity index (χ1) is 5.57. The van der Waals surface area contributed by atoms with Crippen LogP contribution in [0.25, 0.3) is 0 Å². The summed E-state index contributed by atoms with van der Waals surface area (Å²) >= 11 is 0. The number of carbonyl (C=O) groups is 1. The molecule has 0 aromatic carbocycles. The van der Waals surface area contributed by atoms with Crippen molar-refractivity contribution in [1.82, 2.24) is 0 Å². The van der Waals surface area contributed by atoms with Gasteiger partial charge < -0.3 is 10.2 Å². The van der Waals surface area contributed by atoms with E-state index in [0.717, 1.165) is 0 Å². The fourth-order valence-corrected chi connectivity index (χ4v) is 0.290. The Morgan fingerprint density at radius 2 is 2.25 bits per heavy atom. The van der Waals surface area contributed by atoms with E-state index in [4.69, 9.17) is 10.2 Å². The maximum Gasteiger partial charge on any atom is 0.368 e.